The van der Waals surface area contributed by atoms with Gasteiger partial charge in [0.2, 0.25) is 0 Å². The van der Waals surface area contributed by atoms with E-state index in [1.807, 2.05) is 7.05 Å². The van der Waals surface area contributed by atoms with Gasteiger partial charge in [-0.2, -0.15) is 0 Å². The zero-order valence-corrected chi connectivity index (χ0v) is 20.7. The van der Waals surface area contributed by atoms with Crippen LogP contribution in [0.5, 0.6) is 0 Å². The number of hydrogen-bond donors (Lipinski definition) is 3. The third-order valence-electron chi connectivity index (χ3n) is 7.31. The molecule has 2 saturated heterocycles. The Kier molecular flexibility index (Phi) is 7.75. The van der Waals surface area contributed by atoms with Gasteiger partial charge >= 0.3 is 0 Å². The van der Waals surface area contributed by atoms with E-state index in [1.54, 1.807) is 4.57 Å². The van der Waals surface area contributed by atoms with Crippen LogP contribution in [0.3, 0.4) is 0 Å². The third-order valence-corrected chi connectivity index (χ3v) is 7.31. The number of likely N-dealkylation sites (N-methyl/N-ethyl adjacent to an activating group) is 1. The lowest BCUT2D eigenvalue weighted by Gasteiger charge is -2.35. The zero-order valence-electron chi connectivity index (χ0n) is 20.7. The molecule has 11 nitrogen and oxygen atoms in total. The van der Waals surface area contributed by atoms with Gasteiger partial charge in [0.25, 0.3) is 0 Å². The predicted octanol–water partition coefficient (Wildman–Crippen LogP) is -0.180. The van der Waals surface area contributed by atoms with E-state index < -0.39 is 24.5 Å². The molecule has 4 atom stereocenters. The van der Waals surface area contributed by atoms with E-state index in [-0.39, 0.29) is 5.82 Å². The first-order valence-electron chi connectivity index (χ1n) is 12.6. The van der Waals surface area contributed by atoms with Crippen molar-refractivity contribution in [2.45, 2.75) is 31.0 Å². The molecule has 36 heavy (non-hydrogen) atoms. The van der Waals surface area contributed by atoms with Crippen molar-refractivity contribution < 1.29 is 14.9 Å². The fourth-order valence-corrected chi connectivity index (χ4v) is 5.05. The van der Waals surface area contributed by atoms with Crippen molar-refractivity contribution in [3.63, 3.8) is 0 Å². The number of hydrogen-bond acceptors (Lipinski definition) is 10. The van der Waals surface area contributed by atoms with Crippen molar-refractivity contribution in [1.29, 1.82) is 0 Å². The molecular weight excluding hydrogens is 460 g/mol. The average Bonchev–Trinajstić information content (AvgIpc) is 3.45. The number of aliphatic hydroxyl groups is 2. The van der Waals surface area contributed by atoms with E-state index in [9.17, 15) is 10.2 Å². The van der Waals surface area contributed by atoms with E-state index >= 15 is 0 Å². The van der Waals surface area contributed by atoms with Gasteiger partial charge in [-0.05, 0) is 19.0 Å². The highest BCUT2D eigenvalue weighted by molar-refractivity contribution is 5.81. The molecule has 0 saturated carbocycles. The average molecular weight is 497 g/mol. The van der Waals surface area contributed by atoms with Crippen molar-refractivity contribution in [3.8, 4) is 0 Å². The highest BCUT2D eigenvalue weighted by Crippen LogP contribution is 2.32. The van der Waals surface area contributed by atoms with Crippen LogP contribution >= 0.6 is 0 Å². The molecule has 0 unspecified atom stereocenters. The van der Waals surface area contributed by atoms with Crippen LogP contribution in [0.25, 0.3) is 11.2 Å². The molecular formula is C25H36N8O3. The quantitative estimate of drug-likeness (QED) is 0.367. The second-order valence-electron chi connectivity index (χ2n) is 9.81. The minimum absolute atomic E-state index is 0.264. The number of nitrogens with two attached hydrogens (primary N) is 1. The standard InChI is InChI=1S/C25H36N8O3/c1-30(9-10-32-13-11-31(12-14-32)8-7-18-5-3-2-4-6-18)15-19-21(34)22(35)25(36-19)33-17-29-20-23(26)27-16-28-24(20)33/h2-6,16-17,19,21-22,25,34-35H,7-15H2,1H3,(H2,26,27,28)/t19-,21-,22-,25-/m1/s1. The molecule has 11 heteroatoms. The molecule has 0 spiro atoms. The van der Waals surface area contributed by atoms with Gasteiger partial charge < -0.3 is 30.5 Å². The van der Waals surface area contributed by atoms with Crippen LogP contribution in [-0.2, 0) is 11.2 Å². The highest BCUT2D eigenvalue weighted by Gasteiger charge is 2.44. The Morgan fingerprint density at radius 1 is 1.00 bits per heavy atom. The van der Waals surface area contributed by atoms with Gasteiger partial charge in [0.05, 0.1) is 6.33 Å². The lowest BCUT2D eigenvalue weighted by molar-refractivity contribution is -0.0427. The van der Waals surface area contributed by atoms with Crippen LogP contribution in [0, 0.1) is 0 Å². The Morgan fingerprint density at radius 2 is 1.72 bits per heavy atom. The molecule has 0 aliphatic carbocycles. The number of nitrogens with zero attached hydrogens (tertiary/aromatic N) is 7. The number of fused-ring (bicyclic) bond motifs is 1. The van der Waals surface area contributed by atoms with Gasteiger partial charge in [0, 0.05) is 52.4 Å². The number of anilines is 1. The van der Waals surface area contributed by atoms with Crippen molar-refractivity contribution in [1.82, 2.24) is 34.2 Å². The Labute approximate surface area is 211 Å². The number of aliphatic hydroxyl groups excluding tert-OH is 2. The molecule has 5 rings (SSSR count). The van der Waals surface area contributed by atoms with E-state index in [4.69, 9.17) is 10.5 Å². The third kappa shape index (κ3) is 5.51. The molecule has 0 bridgehead atoms. The summed E-state index contributed by atoms with van der Waals surface area (Å²) < 4.78 is 7.69. The van der Waals surface area contributed by atoms with Crippen LogP contribution in [-0.4, -0.2) is 122 Å². The van der Waals surface area contributed by atoms with Gasteiger partial charge in [-0.1, -0.05) is 30.3 Å². The van der Waals surface area contributed by atoms with Crippen molar-refractivity contribution in [2.24, 2.45) is 0 Å². The topological polar surface area (TPSA) is 129 Å². The highest BCUT2D eigenvalue weighted by atomic mass is 16.6. The van der Waals surface area contributed by atoms with Gasteiger partial charge in [-0.3, -0.25) is 9.47 Å². The van der Waals surface area contributed by atoms with E-state index in [2.05, 4.69) is 60.0 Å². The number of rotatable bonds is 9. The fourth-order valence-electron chi connectivity index (χ4n) is 5.05. The summed E-state index contributed by atoms with van der Waals surface area (Å²) in [4.78, 5) is 19.6. The summed E-state index contributed by atoms with van der Waals surface area (Å²) in [5, 5.41) is 21.4. The lowest BCUT2D eigenvalue weighted by Crippen LogP contribution is -2.49. The Balaban J connectivity index is 1.07. The summed E-state index contributed by atoms with van der Waals surface area (Å²) in [6, 6.07) is 10.7. The second-order valence-corrected chi connectivity index (χ2v) is 9.81. The SMILES string of the molecule is CN(CCN1CCN(CCc2ccccc2)CC1)C[C@H]1O[C@@H](n2cnc3c(N)ncnc32)[C@H](O)[C@@H]1O. The zero-order chi connectivity index (χ0) is 25.1. The summed E-state index contributed by atoms with van der Waals surface area (Å²) in [5.74, 6) is 0.264. The minimum atomic E-state index is -1.10. The smallest absolute Gasteiger partial charge is 0.167 e. The number of benzene rings is 1. The first-order valence-corrected chi connectivity index (χ1v) is 12.6. The van der Waals surface area contributed by atoms with Gasteiger partial charge in [0.15, 0.2) is 17.7 Å². The molecule has 2 aliphatic rings. The van der Waals surface area contributed by atoms with Crippen molar-refractivity contribution >= 4 is 17.0 Å². The van der Waals surface area contributed by atoms with Crippen molar-refractivity contribution in [2.75, 3.05) is 65.1 Å². The summed E-state index contributed by atoms with van der Waals surface area (Å²) in [7, 11) is 2.02. The monoisotopic (exact) mass is 496 g/mol. The van der Waals surface area contributed by atoms with E-state index in [0.29, 0.717) is 17.7 Å². The van der Waals surface area contributed by atoms with Crippen LogP contribution in [0.1, 0.15) is 11.8 Å². The Hall–Kier alpha value is -2.67. The van der Waals surface area contributed by atoms with Gasteiger partial charge in [-0.25, -0.2) is 15.0 Å². The summed E-state index contributed by atoms with van der Waals surface area (Å²) in [5.41, 5.74) is 8.18. The van der Waals surface area contributed by atoms with E-state index in [1.165, 1.54) is 18.2 Å². The maximum atomic E-state index is 10.7. The number of ether oxygens (including phenoxy) is 1. The first kappa shape index (κ1) is 25.0. The molecule has 0 amide bonds. The molecule has 4 heterocycles. The molecule has 0 radical (unpaired) electrons. The van der Waals surface area contributed by atoms with Crippen LogP contribution in [0.15, 0.2) is 43.0 Å². The molecule has 4 N–H and O–H groups in total. The molecule has 194 valence electrons. The molecule has 3 aromatic rings. The fraction of sp³-hybridized carbons (Fsp3) is 0.560. The summed E-state index contributed by atoms with van der Waals surface area (Å²) in [6.07, 6.45) is 0.533. The van der Waals surface area contributed by atoms with Crippen LogP contribution < -0.4 is 5.73 Å². The maximum Gasteiger partial charge on any atom is 0.167 e. The molecule has 2 fully saturated rings. The summed E-state index contributed by atoms with van der Waals surface area (Å²) in [6.45, 7) is 7.72. The molecule has 2 aliphatic heterocycles. The largest absolute Gasteiger partial charge is 0.387 e. The summed E-state index contributed by atoms with van der Waals surface area (Å²) >= 11 is 0. The number of nitrogen functional groups attached to an aromatic ring is 1. The Morgan fingerprint density at radius 3 is 2.47 bits per heavy atom. The van der Waals surface area contributed by atoms with Gasteiger partial charge in [0.1, 0.15) is 30.2 Å². The van der Waals surface area contributed by atoms with Crippen LogP contribution in [0.4, 0.5) is 5.82 Å². The predicted molar refractivity (Wildman–Crippen MR) is 136 cm³/mol. The number of piperazine rings is 1. The second kappa shape index (κ2) is 11.2. The Bertz CT molecular complexity index is 1120. The molecule has 2 aromatic heterocycles. The normalized spacial score (nSPS) is 25.8. The maximum absolute atomic E-state index is 10.7. The number of imidazole rings is 1. The molecule has 1 aromatic carbocycles. The van der Waals surface area contributed by atoms with Gasteiger partial charge in [-0.15, -0.1) is 0 Å². The number of aromatic nitrogens is 4. The van der Waals surface area contributed by atoms with Crippen LogP contribution in [0.2, 0.25) is 0 Å². The van der Waals surface area contributed by atoms with Crippen molar-refractivity contribution in [3.05, 3.63) is 48.5 Å². The lowest BCUT2D eigenvalue weighted by atomic mass is 10.1. The minimum Gasteiger partial charge on any atom is -0.387 e. The first-order chi connectivity index (χ1) is 17.5. The van der Waals surface area contributed by atoms with E-state index in [0.717, 1.165) is 52.2 Å².